The van der Waals surface area contributed by atoms with Crippen LogP contribution in [0.15, 0.2) is 97.2 Å². The molecule has 14 amide bonds. The fourth-order valence-electron chi connectivity index (χ4n) is 16.0. The molecular formula is C92H126FN15O23. The molecule has 13 N–H and O–H groups in total. The number of aliphatic hydroxyl groups excluding tert-OH is 1. The van der Waals surface area contributed by atoms with E-state index in [4.69, 9.17) is 33.5 Å². The molecular weight excluding hydrogens is 1700 g/mol. The molecule has 2 fully saturated rings. The maximum Gasteiger partial charge on any atom is 0.303 e. The number of methoxy groups -OCH3 is 1. The van der Waals surface area contributed by atoms with Crippen molar-refractivity contribution in [3.8, 4) is 5.75 Å². The molecule has 4 aromatic carbocycles. The fraction of sp³-hybridized carbons (Fsp3) is 0.554. The second-order valence-corrected chi connectivity index (χ2v) is 33.4. The number of carbonyl (C=O) groups is 15. The summed E-state index contributed by atoms with van der Waals surface area (Å²) in [5.41, 5.74) is 3.21. The minimum absolute atomic E-state index is 0.0142. The summed E-state index contributed by atoms with van der Waals surface area (Å²) < 4.78 is 50.8. The minimum Gasteiger partial charge on any atom is -0.497 e. The first kappa shape index (κ1) is 103. The number of hydrogen-bond donors (Lipinski definition) is 13. The van der Waals surface area contributed by atoms with Crippen LogP contribution in [-0.4, -0.2) is 291 Å². The number of aryl methyl sites for hydroxylation is 1. The van der Waals surface area contributed by atoms with Crippen molar-refractivity contribution in [1.82, 2.24) is 77.8 Å². The van der Waals surface area contributed by atoms with Gasteiger partial charge in [0.1, 0.15) is 73.2 Å². The smallest absolute Gasteiger partial charge is 0.303 e. The van der Waals surface area contributed by atoms with Gasteiger partial charge in [-0.2, -0.15) is 0 Å². The molecule has 0 radical (unpaired) electrons. The lowest BCUT2D eigenvalue weighted by atomic mass is 9.95. The number of carboxylic acid groups (broad SMARTS) is 1. The first-order chi connectivity index (χ1) is 62.8. The number of carboxylic acids is 1. The van der Waals surface area contributed by atoms with Gasteiger partial charge in [0.05, 0.1) is 65.0 Å². The van der Waals surface area contributed by atoms with Crippen molar-refractivity contribution < 1.29 is 115 Å². The third-order valence-corrected chi connectivity index (χ3v) is 23.3. The highest BCUT2D eigenvalue weighted by Crippen LogP contribution is 2.32. The molecule has 4 aliphatic rings. The number of hydrogen-bond acceptors (Lipinski definition) is 22. The lowest BCUT2D eigenvalue weighted by molar-refractivity contribution is -0.146. The first-order valence-corrected chi connectivity index (χ1v) is 44.8. The molecule has 38 nitrogen and oxygen atoms in total. The second kappa shape index (κ2) is 52.1. The quantitative estimate of drug-likeness (QED) is 0.0248. The minimum atomic E-state index is -1.69. The fourth-order valence-corrected chi connectivity index (χ4v) is 16.0. The van der Waals surface area contributed by atoms with E-state index < -0.39 is 156 Å². The number of aromatic nitrogens is 1. The highest BCUT2D eigenvalue weighted by Gasteiger charge is 2.48. The Labute approximate surface area is 760 Å². The number of aliphatic carboxylic acids is 1. The van der Waals surface area contributed by atoms with Gasteiger partial charge in [-0.15, -0.1) is 0 Å². The summed E-state index contributed by atoms with van der Waals surface area (Å²) in [6, 6.07) is 16.5. The van der Waals surface area contributed by atoms with Crippen molar-refractivity contribution in [3.63, 3.8) is 0 Å². The lowest BCUT2D eigenvalue weighted by Gasteiger charge is -2.36. The third kappa shape index (κ3) is 32.8. The van der Waals surface area contributed by atoms with Gasteiger partial charge in [0.2, 0.25) is 82.7 Å². The van der Waals surface area contributed by atoms with Crippen LogP contribution in [0.2, 0.25) is 0 Å². The molecule has 0 saturated carbocycles. The molecule has 2 saturated heterocycles. The van der Waals surface area contributed by atoms with Gasteiger partial charge in [-0.1, -0.05) is 73.5 Å². The Morgan fingerprint density at radius 1 is 0.649 bits per heavy atom. The van der Waals surface area contributed by atoms with E-state index in [1.54, 1.807) is 78.2 Å². The number of aliphatic hydroxyl groups is 1. The van der Waals surface area contributed by atoms with Gasteiger partial charge in [0, 0.05) is 134 Å². The van der Waals surface area contributed by atoms with Crippen molar-refractivity contribution in [2.75, 3.05) is 112 Å². The van der Waals surface area contributed by atoms with Crippen LogP contribution >= 0.6 is 0 Å². The summed E-state index contributed by atoms with van der Waals surface area (Å²) in [4.78, 5) is 210. The van der Waals surface area contributed by atoms with Gasteiger partial charge in [-0.25, -0.2) is 4.39 Å². The molecule has 0 spiro atoms. The van der Waals surface area contributed by atoms with Crippen molar-refractivity contribution >= 4 is 99.6 Å². The molecule has 5 heterocycles. The molecule has 39 heteroatoms. The number of halogens is 1. The normalized spacial score (nSPS) is 20.8. The monoisotopic (exact) mass is 1830 g/mol. The van der Waals surface area contributed by atoms with Crippen molar-refractivity contribution in [3.05, 3.63) is 136 Å². The average Bonchev–Trinajstić information content (AvgIpc) is 1.66. The third-order valence-electron chi connectivity index (χ3n) is 23.3. The first-order valence-electron chi connectivity index (χ1n) is 44.8. The van der Waals surface area contributed by atoms with E-state index in [-0.39, 0.29) is 168 Å². The van der Waals surface area contributed by atoms with Crippen molar-refractivity contribution in [1.29, 1.82) is 0 Å². The van der Waals surface area contributed by atoms with Crippen LogP contribution in [0.25, 0.3) is 10.9 Å². The van der Waals surface area contributed by atoms with Gasteiger partial charge >= 0.3 is 5.97 Å². The summed E-state index contributed by atoms with van der Waals surface area (Å²) in [7, 11) is 1.51. The summed E-state index contributed by atoms with van der Waals surface area (Å²) >= 11 is 0. The molecule has 1 aromatic heterocycles. The topological polar surface area (TPSA) is 499 Å². The molecule has 714 valence electrons. The number of amides is 14. The van der Waals surface area contributed by atoms with Crippen LogP contribution in [0.5, 0.6) is 5.75 Å². The molecule has 8 bridgehead atoms. The van der Waals surface area contributed by atoms with E-state index in [1.807, 2.05) is 35.0 Å². The Kier molecular flexibility index (Phi) is 40.9. The summed E-state index contributed by atoms with van der Waals surface area (Å²) in [5, 5.41) is 49.6. The molecule has 9 rings (SSSR count). The summed E-state index contributed by atoms with van der Waals surface area (Å²) in [6.07, 6.45) is 3.14. The van der Waals surface area contributed by atoms with E-state index in [0.717, 1.165) is 11.1 Å². The number of rotatable bonds is 36. The maximum absolute atomic E-state index is 15.6. The standard InChI is InChI=1S/C92H126FN15O23/c1-58-85(119)104-74(52-98-80(114)56-130-45-43-128-41-35-95-79(113)55-129-44-42-127-40-34-94-77(111)16-12-17-83(117)118)87(121)101-71-48-65-14-11-15-66(46-65)51-97-81(115)57-131-76-31-39-107(59(76)2)89(123)73(102-86(71)120)49-67-54-105(75-27-24-68(93)50-70(67)75)36-9-7-8-10-37-106(82(116)29-28-78(112)99-58)53-64-20-18-62(19-21-64)30-33-96-91(125)92(5)32-13-38-108(92)90(124)72(47-63-22-25-69(126-6)26-23-63)103-88(122)84(60(3)109)100-61(4)110/h11,14-15,18-27,46,50,54,58-60,71-74,76,84,109H,7-10,12-13,16-17,28-45,47-49,51-53,55-57H2,1-6H3,(H,94,111)(H,95,113)(H,96,125)(H,97,115)(H,98,114)(H,99,112)(H,100,110)(H,101,121)(H,102,120)(H,103,122)(H,104,119)(H,117,118)/t58-,59?,60+,71-,72-,73-,74+,76-,84-,92-/m0/s1. The molecule has 10 atom stereocenters. The van der Waals surface area contributed by atoms with Crippen LogP contribution in [0.3, 0.4) is 0 Å². The molecule has 1 unspecified atom stereocenters. The van der Waals surface area contributed by atoms with Crippen molar-refractivity contribution in [2.24, 2.45) is 0 Å². The van der Waals surface area contributed by atoms with E-state index in [0.29, 0.717) is 96.8 Å². The lowest BCUT2D eigenvalue weighted by Crippen LogP contribution is -2.62. The van der Waals surface area contributed by atoms with E-state index in [9.17, 15) is 62.6 Å². The Bertz CT molecular complexity index is 4750. The largest absolute Gasteiger partial charge is 0.497 e. The summed E-state index contributed by atoms with van der Waals surface area (Å²) in [5.74, 6) is -9.49. The number of likely N-dealkylation sites (tertiary alicyclic amines) is 1. The summed E-state index contributed by atoms with van der Waals surface area (Å²) in [6.45, 7) is 7.76. The molecule has 5 aromatic rings. The Balaban J connectivity index is 0.877. The predicted molar refractivity (Wildman–Crippen MR) is 474 cm³/mol. The van der Waals surface area contributed by atoms with Crippen LogP contribution < -0.4 is 63.2 Å². The SMILES string of the molecule is COc1ccc(C[C@H](NC(=O)[C@@H](NC(C)=O)[C@@H](C)O)C(=O)N2CCC[C@@]2(C)C(=O)NCCc2ccc(CN3CCCCCCn4cc(c5cc(F)ccc54)C[C@@H]4NC(=O)[C@H](Cc5cccc(c5)CNC(=O)CO[C@H]5CCN(C4=O)C5C)NC(=O)[C@@H](CNC(=O)COCCOCCNC(=O)COCCOCCNC(=O)CCCC(=O)O)NC(=O)[C@H](C)NC(=O)CCC3=O)cc2)cc1. The van der Waals surface area contributed by atoms with Crippen LogP contribution in [0.4, 0.5) is 4.39 Å². The molecule has 0 aliphatic carbocycles. The zero-order valence-corrected chi connectivity index (χ0v) is 75.3. The van der Waals surface area contributed by atoms with E-state index >= 15 is 18.8 Å². The van der Waals surface area contributed by atoms with Gasteiger partial charge in [-0.3, -0.25) is 71.9 Å². The Hall–Kier alpha value is -12.0. The highest BCUT2D eigenvalue weighted by atomic mass is 19.1. The average molecular weight is 1830 g/mol. The Morgan fingerprint density at radius 2 is 1.31 bits per heavy atom. The second-order valence-electron chi connectivity index (χ2n) is 33.4. The zero-order valence-electron chi connectivity index (χ0n) is 75.3. The predicted octanol–water partition coefficient (Wildman–Crippen LogP) is 0.875. The van der Waals surface area contributed by atoms with Crippen LogP contribution in [0.1, 0.15) is 145 Å². The number of carbonyl (C=O) groups excluding carboxylic acids is 14. The van der Waals surface area contributed by atoms with Gasteiger partial charge in [0.15, 0.2) is 0 Å². The van der Waals surface area contributed by atoms with E-state index in [2.05, 4.69) is 58.5 Å². The number of ether oxygens (including phenoxy) is 6. The Morgan fingerprint density at radius 3 is 2.01 bits per heavy atom. The number of nitrogens with zero attached hydrogens (tertiary/aromatic N) is 4. The number of nitrogens with one attached hydrogen (secondary N) is 11. The molecule has 131 heavy (non-hydrogen) atoms. The van der Waals surface area contributed by atoms with Gasteiger partial charge in [-0.05, 0) is 136 Å². The van der Waals surface area contributed by atoms with Crippen LogP contribution in [0, 0.1) is 5.82 Å². The highest BCUT2D eigenvalue weighted by molar-refractivity contribution is 5.99. The number of fused-ring (bicyclic) bond motifs is 12. The van der Waals surface area contributed by atoms with Gasteiger partial charge in [0.25, 0.3) is 0 Å². The maximum atomic E-state index is 15.6. The van der Waals surface area contributed by atoms with Gasteiger partial charge < -0.3 is 116 Å². The zero-order chi connectivity index (χ0) is 94.5. The molecule has 4 aliphatic heterocycles. The number of benzene rings is 4. The van der Waals surface area contributed by atoms with E-state index in [1.165, 1.54) is 44.9 Å². The van der Waals surface area contributed by atoms with Crippen molar-refractivity contribution in [2.45, 2.75) is 217 Å². The van der Waals surface area contributed by atoms with Crippen LogP contribution in [-0.2, 0) is 141 Å².